The van der Waals surface area contributed by atoms with E-state index in [2.05, 4.69) is 29.1 Å². The molecule has 0 atom stereocenters. The van der Waals surface area contributed by atoms with E-state index in [1.807, 2.05) is 29.2 Å². The SMILES string of the molecule is CCCN(CCC)C(=O)c1cnc(NCCc2ccccc2OC)nc1. The van der Waals surface area contributed by atoms with Crippen LogP contribution in [-0.4, -0.2) is 47.5 Å². The number of anilines is 1. The molecule has 6 heteroatoms. The number of para-hydroxylation sites is 1. The summed E-state index contributed by atoms with van der Waals surface area (Å²) in [6, 6.07) is 7.94. The first-order chi connectivity index (χ1) is 12.7. The number of hydrogen-bond acceptors (Lipinski definition) is 5. The lowest BCUT2D eigenvalue weighted by atomic mass is 10.1. The summed E-state index contributed by atoms with van der Waals surface area (Å²) in [6.07, 6.45) is 5.87. The van der Waals surface area contributed by atoms with E-state index in [9.17, 15) is 4.79 Å². The number of benzene rings is 1. The van der Waals surface area contributed by atoms with Gasteiger partial charge in [0.2, 0.25) is 5.95 Å². The fourth-order valence-electron chi connectivity index (χ4n) is 2.79. The van der Waals surface area contributed by atoms with E-state index in [-0.39, 0.29) is 5.91 Å². The first kappa shape index (κ1) is 19.7. The number of nitrogens with one attached hydrogen (secondary N) is 1. The van der Waals surface area contributed by atoms with Crippen LogP contribution < -0.4 is 10.1 Å². The third kappa shape index (κ3) is 5.44. The lowest BCUT2D eigenvalue weighted by Gasteiger charge is -2.21. The van der Waals surface area contributed by atoms with Gasteiger partial charge in [0.1, 0.15) is 5.75 Å². The summed E-state index contributed by atoms with van der Waals surface area (Å²) in [5, 5.41) is 3.19. The lowest BCUT2D eigenvalue weighted by molar-refractivity contribution is 0.0754. The highest BCUT2D eigenvalue weighted by Crippen LogP contribution is 2.17. The van der Waals surface area contributed by atoms with Crippen LogP contribution in [0.3, 0.4) is 0 Å². The zero-order chi connectivity index (χ0) is 18.8. The van der Waals surface area contributed by atoms with Crippen molar-refractivity contribution in [3.63, 3.8) is 0 Å². The van der Waals surface area contributed by atoms with Crippen LogP contribution in [-0.2, 0) is 6.42 Å². The largest absolute Gasteiger partial charge is 0.496 e. The minimum absolute atomic E-state index is 0.00530. The van der Waals surface area contributed by atoms with E-state index >= 15 is 0 Å². The third-order valence-corrected chi connectivity index (χ3v) is 4.04. The molecule has 0 saturated carbocycles. The van der Waals surface area contributed by atoms with Gasteiger partial charge in [0.25, 0.3) is 5.91 Å². The van der Waals surface area contributed by atoms with E-state index in [1.54, 1.807) is 19.5 Å². The van der Waals surface area contributed by atoms with E-state index in [1.165, 1.54) is 0 Å². The Kier molecular flexibility index (Phi) is 7.86. The molecule has 0 aliphatic carbocycles. The minimum Gasteiger partial charge on any atom is -0.496 e. The summed E-state index contributed by atoms with van der Waals surface area (Å²) in [5.74, 6) is 1.39. The Labute approximate surface area is 155 Å². The number of aromatic nitrogens is 2. The summed E-state index contributed by atoms with van der Waals surface area (Å²) in [7, 11) is 1.67. The van der Waals surface area contributed by atoms with Crippen molar-refractivity contribution in [3.8, 4) is 5.75 Å². The normalized spacial score (nSPS) is 10.4. The molecular weight excluding hydrogens is 328 g/mol. The van der Waals surface area contributed by atoms with Gasteiger partial charge in [-0.25, -0.2) is 9.97 Å². The molecule has 1 aromatic heterocycles. The van der Waals surface area contributed by atoms with Gasteiger partial charge in [0.15, 0.2) is 0 Å². The van der Waals surface area contributed by atoms with Gasteiger partial charge in [-0.15, -0.1) is 0 Å². The average molecular weight is 356 g/mol. The van der Waals surface area contributed by atoms with E-state index < -0.39 is 0 Å². The molecule has 0 radical (unpaired) electrons. The summed E-state index contributed by atoms with van der Waals surface area (Å²) in [4.78, 5) is 22.9. The standard InChI is InChI=1S/C20H28N4O2/c1-4-12-24(13-5-2)19(25)17-14-22-20(23-15-17)21-11-10-16-8-6-7-9-18(16)26-3/h6-9,14-15H,4-5,10-13H2,1-3H3,(H,21,22,23). The van der Waals surface area contributed by atoms with Crippen LogP contribution in [0.1, 0.15) is 42.6 Å². The molecule has 26 heavy (non-hydrogen) atoms. The Hall–Kier alpha value is -2.63. The Morgan fingerprint density at radius 1 is 1.12 bits per heavy atom. The molecule has 2 aromatic rings. The topological polar surface area (TPSA) is 67.4 Å². The predicted octanol–water partition coefficient (Wildman–Crippen LogP) is 3.40. The monoisotopic (exact) mass is 356 g/mol. The number of methoxy groups -OCH3 is 1. The lowest BCUT2D eigenvalue weighted by Crippen LogP contribution is -2.32. The van der Waals surface area contributed by atoms with Crippen LogP contribution in [0.4, 0.5) is 5.95 Å². The number of ether oxygens (including phenoxy) is 1. The van der Waals surface area contributed by atoms with Gasteiger partial charge in [-0.1, -0.05) is 32.0 Å². The molecule has 0 spiro atoms. The quantitative estimate of drug-likeness (QED) is 0.707. The highest BCUT2D eigenvalue weighted by atomic mass is 16.5. The van der Waals surface area contributed by atoms with E-state index in [0.29, 0.717) is 18.1 Å². The second-order valence-electron chi connectivity index (χ2n) is 6.08. The zero-order valence-corrected chi connectivity index (χ0v) is 15.9. The molecular formula is C20H28N4O2. The second-order valence-corrected chi connectivity index (χ2v) is 6.08. The maximum Gasteiger partial charge on any atom is 0.256 e. The second kappa shape index (κ2) is 10.4. The molecule has 0 bridgehead atoms. The summed E-state index contributed by atoms with van der Waals surface area (Å²) < 4.78 is 5.35. The summed E-state index contributed by atoms with van der Waals surface area (Å²) in [5.41, 5.74) is 1.66. The van der Waals surface area contributed by atoms with Gasteiger partial charge in [-0.2, -0.15) is 0 Å². The smallest absolute Gasteiger partial charge is 0.256 e. The fourth-order valence-corrected chi connectivity index (χ4v) is 2.79. The van der Waals surface area contributed by atoms with E-state index in [0.717, 1.165) is 43.7 Å². The minimum atomic E-state index is -0.00530. The third-order valence-electron chi connectivity index (χ3n) is 4.04. The van der Waals surface area contributed by atoms with Crippen LogP contribution >= 0.6 is 0 Å². The van der Waals surface area contributed by atoms with Crippen molar-refractivity contribution >= 4 is 11.9 Å². The molecule has 0 aliphatic rings. The van der Waals surface area contributed by atoms with Crippen LogP contribution in [0.2, 0.25) is 0 Å². The maximum atomic E-state index is 12.5. The van der Waals surface area contributed by atoms with Crippen LogP contribution in [0.15, 0.2) is 36.7 Å². The number of amides is 1. The molecule has 2 rings (SSSR count). The van der Waals surface area contributed by atoms with Gasteiger partial charge < -0.3 is 15.0 Å². The molecule has 0 saturated heterocycles. The van der Waals surface area contributed by atoms with Gasteiger partial charge in [-0.3, -0.25) is 4.79 Å². The number of rotatable bonds is 10. The maximum absolute atomic E-state index is 12.5. The molecule has 1 amide bonds. The number of carbonyl (C=O) groups excluding carboxylic acids is 1. The van der Waals surface area contributed by atoms with E-state index in [4.69, 9.17) is 4.74 Å². The molecule has 0 unspecified atom stereocenters. The number of nitrogens with zero attached hydrogens (tertiary/aromatic N) is 3. The highest BCUT2D eigenvalue weighted by molar-refractivity contribution is 5.93. The van der Waals surface area contributed by atoms with Gasteiger partial charge in [0, 0.05) is 32.0 Å². The van der Waals surface area contributed by atoms with Crippen molar-refractivity contribution in [3.05, 3.63) is 47.8 Å². The molecule has 1 aromatic carbocycles. The fraction of sp³-hybridized carbons (Fsp3) is 0.450. The van der Waals surface area contributed by atoms with Crippen LogP contribution in [0.5, 0.6) is 5.75 Å². The highest BCUT2D eigenvalue weighted by Gasteiger charge is 2.15. The molecule has 1 N–H and O–H groups in total. The Bertz CT molecular complexity index is 682. The van der Waals surface area contributed by atoms with Gasteiger partial charge in [0.05, 0.1) is 12.7 Å². The van der Waals surface area contributed by atoms with Crippen molar-refractivity contribution in [2.24, 2.45) is 0 Å². The van der Waals surface area contributed by atoms with Crippen LogP contribution in [0.25, 0.3) is 0 Å². The summed E-state index contributed by atoms with van der Waals surface area (Å²) >= 11 is 0. The molecule has 0 aliphatic heterocycles. The van der Waals surface area contributed by atoms with Crippen molar-refractivity contribution in [1.82, 2.24) is 14.9 Å². The first-order valence-corrected chi connectivity index (χ1v) is 9.16. The van der Waals surface area contributed by atoms with Crippen LogP contribution in [0, 0.1) is 0 Å². The van der Waals surface area contributed by atoms with Crippen molar-refractivity contribution in [2.45, 2.75) is 33.1 Å². The Morgan fingerprint density at radius 2 is 1.77 bits per heavy atom. The molecule has 140 valence electrons. The Morgan fingerprint density at radius 3 is 2.38 bits per heavy atom. The zero-order valence-electron chi connectivity index (χ0n) is 15.9. The summed E-state index contributed by atoms with van der Waals surface area (Å²) in [6.45, 7) is 6.34. The Balaban J connectivity index is 1.91. The first-order valence-electron chi connectivity index (χ1n) is 9.16. The average Bonchev–Trinajstić information content (AvgIpc) is 2.68. The number of carbonyl (C=O) groups is 1. The van der Waals surface area contributed by atoms with Crippen molar-refractivity contribution in [2.75, 3.05) is 32.1 Å². The number of hydrogen-bond donors (Lipinski definition) is 1. The van der Waals surface area contributed by atoms with Gasteiger partial charge >= 0.3 is 0 Å². The molecule has 1 heterocycles. The predicted molar refractivity (Wildman–Crippen MR) is 104 cm³/mol. The molecule has 0 fully saturated rings. The van der Waals surface area contributed by atoms with Crippen molar-refractivity contribution in [1.29, 1.82) is 0 Å². The molecule has 6 nitrogen and oxygen atoms in total. The van der Waals surface area contributed by atoms with Gasteiger partial charge in [-0.05, 0) is 30.9 Å². The van der Waals surface area contributed by atoms with Crippen molar-refractivity contribution < 1.29 is 9.53 Å².